The zero-order valence-corrected chi connectivity index (χ0v) is 13.1. The van der Waals surface area contributed by atoms with Crippen LogP contribution in [0.1, 0.15) is 31.2 Å². The number of nitrogens with one attached hydrogen (secondary N) is 1. The van der Waals surface area contributed by atoms with Crippen molar-refractivity contribution in [3.63, 3.8) is 0 Å². The average molecular weight is 347 g/mol. The van der Waals surface area contributed by atoms with E-state index in [0.717, 1.165) is 31.2 Å². The van der Waals surface area contributed by atoms with Gasteiger partial charge in [0.05, 0.1) is 4.90 Å². The zero-order chi connectivity index (χ0) is 13.9. The van der Waals surface area contributed by atoms with Crippen molar-refractivity contribution in [2.45, 2.75) is 48.0 Å². The highest BCUT2D eigenvalue weighted by atomic mass is 79.9. The van der Waals surface area contributed by atoms with Gasteiger partial charge in [0.15, 0.2) is 0 Å². The maximum Gasteiger partial charge on any atom is 0.240 e. The van der Waals surface area contributed by atoms with Gasteiger partial charge in [-0.1, -0.05) is 40.9 Å². The third-order valence-electron chi connectivity index (χ3n) is 3.49. The second-order valence-corrected chi connectivity index (χ2v) is 7.23. The molecule has 0 aromatic heterocycles. The van der Waals surface area contributed by atoms with Gasteiger partial charge < -0.3 is 5.73 Å². The van der Waals surface area contributed by atoms with E-state index in [0.29, 0.717) is 10.2 Å². The quantitative estimate of drug-likeness (QED) is 0.820. The molecule has 0 radical (unpaired) electrons. The summed E-state index contributed by atoms with van der Waals surface area (Å²) in [6, 6.07) is 6.72. The second kappa shape index (κ2) is 6.35. The average Bonchev–Trinajstić information content (AvgIpc) is 2.41. The van der Waals surface area contributed by atoms with E-state index in [1.165, 1.54) is 0 Å². The fourth-order valence-electron chi connectivity index (χ4n) is 2.37. The molecule has 1 aromatic rings. The lowest BCUT2D eigenvalue weighted by Crippen LogP contribution is -2.49. The number of sulfonamides is 1. The lowest BCUT2D eigenvalue weighted by atomic mass is 9.92. The Kier molecular flexibility index (Phi) is 5.00. The van der Waals surface area contributed by atoms with Gasteiger partial charge in [-0.15, -0.1) is 0 Å². The van der Waals surface area contributed by atoms with Crippen LogP contribution in [0.3, 0.4) is 0 Å². The largest absolute Gasteiger partial charge is 0.326 e. The van der Waals surface area contributed by atoms with Gasteiger partial charge in [0.1, 0.15) is 0 Å². The molecule has 1 aromatic carbocycles. The summed E-state index contributed by atoms with van der Waals surface area (Å²) in [6.45, 7) is 0. The molecule has 0 unspecified atom stereocenters. The van der Waals surface area contributed by atoms with Gasteiger partial charge in [0.25, 0.3) is 0 Å². The molecule has 1 aliphatic carbocycles. The number of alkyl halides is 1. The van der Waals surface area contributed by atoms with Crippen LogP contribution in [0.25, 0.3) is 0 Å². The van der Waals surface area contributed by atoms with Gasteiger partial charge in [0.2, 0.25) is 10.0 Å². The van der Waals surface area contributed by atoms with E-state index in [1.807, 2.05) is 6.07 Å². The lowest BCUT2D eigenvalue weighted by Gasteiger charge is -2.29. The van der Waals surface area contributed by atoms with E-state index in [-0.39, 0.29) is 12.1 Å². The van der Waals surface area contributed by atoms with Crippen LogP contribution in [0.15, 0.2) is 29.2 Å². The SMILES string of the molecule is N[C@H]1CCCC[C@@H]1NS(=O)(=O)c1cccc(CBr)c1. The molecule has 2 atom stereocenters. The third-order valence-corrected chi connectivity index (χ3v) is 5.62. The lowest BCUT2D eigenvalue weighted by molar-refractivity contribution is 0.361. The van der Waals surface area contributed by atoms with Crippen LogP contribution >= 0.6 is 15.9 Å². The van der Waals surface area contributed by atoms with Gasteiger partial charge in [-0.25, -0.2) is 13.1 Å². The Morgan fingerprint density at radius 2 is 2.05 bits per heavy atom. The minimum absolute atomic E-state index is 0.0807. The number of benzene rings is 1. The van der Waals surface area contributed by atoms with Gasteiger partial charge in [-0.3, -0.25) is 0 Å². The number of hydrogen-bond donors (Lipinski definition) is 2. The summed E-state index contributed by atoms with van der Waals surface area (Å²) >= 11 is 3.33. The predicted octanol–water partition coefficient (Wildman–Crippen LogP) is 2.13. The molecule has 0 saturated heterocycles. The summed E-state index contributed by atoms with van der Waals surface area (Å²) in [6.07, 6.45) is 3.81. The summed E-state index contributed by atoms with van der Waals surface area (Å²) in [4.78, 5) is 0.308. The van der Waals surface area contributed by atoms with Crippen molar-refractivity contribution in [2.24, 2.45) is 5.73 Å². The van der Waals surface area contributed by atoms with E-state index in [4.69, 9.17) is 5.73 Å². The van der Waals surface area contributed by atoms with Crippen LogP contribution in [0.4, 0.5) is 0 Å². The topological polar surface area (TPSA) is 72.2 Å². The maximum absolute atomic E-state index is 12.3. The van der Waals surface area contributed by atoms with Gasteiger partial charge in [-0.05, 0) is 30.5 Å². The Balaban J connectivity index is 2.17. The van der Waals surface area contributed by atoms with Crippen LogP contribution < -0.4 is 10.5 Å². The van der Waals surface area contributed by atoms with Gasteiger partial charge in [0, 0.05) is 17.4 Å². The van der Waals surface area contributed by atoms with Crippen molar-refractivity contribution in [1.29, 1.82) is 0 Å². The first-order chi connectivity index (χ1) is 9.03. The Hall–Kier alpha value is -0.430. The molecule has 0 bridgehead atoms. The summed E-state index contributed by atoms with van der Waals surface area (Å²) in [7, 11) is -3.48. The third kappa shape index (κ3) is 3.78. The molecule has 4 nitrogen and oxygen atoms in total. The monoisotopic (exact) mass is 346 g/mol. The maximum atomic E-state index is 12.3. The first-order valence-electron chi connectivity index (χ1n) is 6.46. The number of hydrogen-bond acceptors (Lipinski definition) is 3. The molecule has 0 aliphatic heterocycles. The van der Waals surface area contributed by atoms with Crippen LogP contribution in [0.5, 0.6) is 0 Å². The summed E-state index contributed by atoms with van der Waals surface area (Å²) in [5, 5.41) is 0.638. The Morgan fingerprint density at radius 3 is 2.74 bits per heavy atom. The smallest absolute Gasteiger partial charge is 0.240 e. The van der Waals surface area contributed by atoms with Crippen LogP contribution in [0.2, 0.25) is 0 Å². The molecule has 106 valence electrons. The first-order valence-corrected chi connectivity index (χ1v) is 9.06. The van der Waals surface area contributed by atoms with Gasteiger partial charge >= 0.3 is 0 Å². The molecule has 19 heavy (non-hydrogen) atoms. The second-order valence-electron chi connectivity index (χ2n) is 4.96. The summed E-state index contributed by atoms with van der Waals surface area (Å²) < 4.78 is 27.4. The Bertz CT molecular complexity index is 533. The van der Waals surface area contributed by atoms with Crippen LogP contribution in [0, 0.1) is 0 Å². The number of halogens is 1. The van der Waals surface area contributed by atoms with Crippen molar-refractivity contribution in [3.05, 3.63) is 29.8 Å². The molecule has 3 N–H and O–H groups in total. The molecule has 0 spiro atoms. The summed E-state index contributed by atoms with van der Waals surface area (Å²) in [5.41, 5.74) is 6.93. The Morgan fingerprint density at radius 1 is 1.32 bits per heavy atom. The summed E-state index contributed by atoms with van der Waals surface area (Å²) in [5.74, 6) is 0. The first kappa shape index (κ1) is 15.0. The molecule has 0 heterocycles. The highest BCUT2D eigenvalue weighted by Gasteiger charge is 2.27. The molecule has 2 rings (SSSR count). The van der Waals surface area contributed by atoms with Gasteiger partial charge in [-0.2, -0.15) is 0 Å². The Labute approximate surface area is 122 Å². The van der Waals surface area contributed by atoms with E-state index in [1.54, 1.807) is 18.2 Å². The van der Waals surface area contributed by atoms with Crippen molar-refractivity contribution < 1.29 is 8.42 Å². The minimum Gasteiger partial charge on any atom is -0.326 e. The number of rotatable bonds is 4. The number of nitrogens with two attached hydrogens (primary N) is 1. The molecule has 1 fully saturated rings. The van der Waals surface area contributed by atoms with E-state index >= 15 is 0 Å². The van der Waals surface area contributed by atoms with Crippen LogP contribution in [-0.2, 0) is 15.4 Å². The predicted molar refractivity (Wildman–Crippen MR) is 79.6 cm³/mol. The normalized spacial score (nSPS) is 24.3. The molecular formula is C13H19BrN2O2S. The highest BCUT2D eigenvalue weighted by Crippen LogP contribution is 2.20. The molecule has 6 heteroatoms. The fraction of sp³-hybridized carbons (Fsp3) is 0.538. The molecular weight excluding hydrogens is 328 g/mol. The minimum atomic E-state index is -3.48. The van der Waals surface area contributed by atoms with Crippen molar-refractivity contribution in [1.82, 2.24) is 4.72 Å². The van der Waals surface area contributed by atoms with Crippen molar-refractivity contribution >= 4 is 26.0 Å². The fourth-order valence-corrected chi connectivity index (χ4v) is 4.11. The van der Waals surface area contributed by atoms with Crippen molar-refractivity contribution in [2.75, 3.05) is 0 Å². The van der Waals surface area contributed by atoms with E-state index in [9.17, 15) is 8.42 Å². The standard InChI is InChI=1S/C13H19BrN2O2S/c14-9-10-4-3-5-11(8-10)19(17,18)16-13-7-2-1-6-12(13)15/h3-5,8,12-13,16H,1-2,6-7,9,15H2/t12-,13-/m0/s1. The van der Waals surface area contributed by atoms with Crippen molar-refractivity contribution in [3.8, 4) is 0 Å². The van der Waals surface area contributed by atoms with E-state index < -0.39 is 10.0 Å². The molecule has 1 saturated carbocycles. The van der Waals surface area contributed by atoms with Crippen LogP contribution in [-0.4, -0.2) is 20.5 Å². The van der Waals surface area contributed by atoms with E-state index in [2.05, 4.69) is 20.7 Å². The zero-order valence-electron chi connectivity index (χ0n) is 10.7. The molecule has 0 amide bonds. The highest BCUT2D eigenvalue weighted by molar-refractivity contribution is 9.08. The molecule has 1 aliphatic rings.